The summed E-state index contributed by atoms with van der Waals surface area (Å²) in [4.78, 5) is 29.7. The number of benzene rings is 2. The van der Waals surface area contributed by atoms with Crippen molar-refractivity contribution in [3.63, 3.8) is 0 Å². The van der Waals surface area contributed by atoms with E-state index in [9.17, 15) is 14.7 Å². The molecule has 2 aliphatic heterocycles. The zero-order valence-electron chi connectivity index (χ0n) is 21.6. The highest BCUT2D eigenvalue weighted by molar-refractivity contribution is 5.99. The Morgan fingerprint density at radius 2 is 1.86 bits per heavy atom. The Morgan fingerprint density at radius 1 is 1.16 bits per heavy atom. The number of rotatable bonds is 8. The van der Waals surface area contributed by atoms with Crippen molar-refractivity contribution in [1.82, 2.24) is 9.80 Å². The van der Waals surface area contributed by atoms with Gasteiger partial charge < -0.3 is 26.1 Å². The van der Waals surface area contributed by atoms with Gasteiger partial charge in [-0.1, -0.05) is 36.4 Å². The van der Waals surface area contributed by atoms with Crippen LogP contribution < -0.4 is 11.2 Å². The summed E-state index contributed by atoms with van der Waals surface area (Å²) in [5.41, 5.74) is 4.90. The molecule has 0 spiro atoms. The number of amides is 2. The summed E-state index contributed by atoms with van der Waals surface area (Å²) in [6, 6.07) is 13.7. The molecule has 0 radical (unpaired) electrons. The van der Waals surface area contributed by atoms with Gasteiger partial charge in [0.2, 0.25) is 5.91 Å². The molecule has 37 heavy (non-hydrogen) atoms. The molecule has 2 aliphatic rings. The first kappa shape index (κ1) is 26.3. The maximum absolute atomic E-state index is 13.4. The lowest BCUT2D eigenvalue weighted by Crippen LogP contribution is -2.38. The highest BCUT2D eigenvalue weighted by Gasteiger charge is 2.26. The predicted molar refractivity (Wildman–Crippen MR) is 145 cm³/mol. The van der Waals surface area contributed by atoms with Crippen LogP contribution >= 0.6 is 0 Å². The van der Waals surface area contributed by atoms with Gasteiger partial charge in [-0.15, -0.1) is 5.11 Å². The maximum atomic E-state index is 13.4. The number of nitrogens with zero attached hydrogens (tertiary/aromatic N) is 4. The lowest BCUT2D eigenvalue weighted by molar-refractivity contribution is -0.128. The summed E-state index contributed by atoms with van der Waals surface area (Å²) in [6.07, 6.45) is 3.99. The minimum absolute atomic E-state index is 0.0812. The molecule has 0 saturated carbocycles. The summed E-state index contributed by atoms with van der Waals surface area (Å²) in [7, 11) is 0. The van der Waals surface area contributed by atoms with Gasteiger partial charge in [0.1, 0.15) is 6.17 Å². The molecule has 2 amide bonds. The van der Waals surface area contributed by atoms with E-state index in [0.717, 1.165) is 54.7 Å². The fourth-order valence-electron chi connectivity index (χ4n) is 4.95. The van der Waals surface area contributed by atoms with Crippen molar-refractivity contribution in [3.8, 4) is 11.1 Å². The summed E-state index contributed by atoms with van der Waals surface area (Å²) in [5, 5.41) is 20.8. The van der Waals surface area contributed by atoms with Crippen LogP contribution in [0.5, 0.6) is 0 Å². The second kappa shape index (κ2) is 12.0. The highest BCUT2D eigenvalue weighted by Crippen LogP contribution is 2.32. The first-order chi connectivity index (χ1) is 17.9. The number of carbonyl (C=O) groups excluding carboxylic acids is 2. The summed E-state index contributed by atoms with van der Waals surface area (Å²) in [5.74, 6) is 5.32. The van der Waals surface area contributed by atoms with E-state index in [2.05, 4.69) is 15.7 Å². The fourth-order valence-corrected chi connectivity index (χ4v) is 4.95. The Balaban J connectivity index is 1.61. The molecule has 2 aromatic rings. The van der Waals surface area contributed by atoms with Gasteiger partial charge in [0, 0.05) is 49.4 Å². The van der Waals surface area contributed by atoms with Crippen LogP contribution in [0.2, 0.25) is 0 Å². The molecule has 1 unspecified atom stereocenters. The fraction of sp³-hybridized carbons (Fsp3) is 0.429. The van der Waals surface area contributed by atoms with Gasteiger partial charge in [-0.25, -0.2) is 0 Å². The quantitative estimate of drug-likeness (QED) is 0.284. The van der Waals surface area contributed by atoms with E-state index in [1.165, 1.54) is 0 Å². The van der Waals surface area contributed by atoms with Crippen LogP contribution in [-0.2, 0) is 4.79 Å². The summed E-state index contributed by atoms with van der Waals surface area (Å²) >= 11 is 0. The smallest absolute Gasteiger partial charge is 0.253 e. The number of carbonyl (C=O) groups is 2. The van der Waals surface area contributed by atoms with Gasteiger partial charge in [-0.2, -0.15) is 0 Å². The van der Waals surface area contributed by atoms with Crippen LogP contribution in [0.4, 0.5) is 5.69 Å². The third-order valence-electron chi connectivity index (χ3n) is 6.72. The van der Waals surface area contributed by atoms with E-state index in [-0.39, 0.29) is 18.4 Å². The molecule has 0 bridgehead atoms. The monoisotopic (exact) mass is 504 g/mol. The second-order valence-corrected chi connectivity index (χ2v) is 9.74. The van der Waals surface area contributed by atoms with Gasteiger partial charge in [0.05, 0.1) is 6.10 Å². The average Bonchev–Trinajstić information content (AvgIpc) is 3.36. The minimum atomic E-state index is -0.619. The molecule has 4 N–H and O–H groups in total. The second-order valence-electron chi connectivity index (χ2n) is 9.74. The van der Waals surface area contributed by atoms with Crippen molar-refractivity contribution in [2.45, 2.75) is 51.8 Å². The first-order valence-electron chi connectivity index (χ1n) is 13.0. The summed E-state index contributed by atoms with van der Waals surface area (Å²) in [6.45, 7) is 6.15. The van der Waals surface area contributed by atoms with E-state index in [1.807, 2.05) is 60.4 Å². The molecule has 4 rings (SSSR count). The van der Waals surface area contributed by atoms with Crippen LogP contribution in [0.15, 0.2) is 58.4 Å². The van der Waals surface area contributed by atoms with Crippen molar-refractivity contribution in [1.29, 1.82) is 0 Å². The van der Waals surface area contributed by atoms with Gasteiger partial charge in [-0.05, 0) is 67.2 Å². The zero-order chi connectivity index (χ0) is 26.4. The van der Waals surface area contributed by atoms with Crippen molar-refractivity contribution < 1.29 is 14.7 Å². The lowest BCUT2D eigenvalue weighted by Gasteiger charge is -2.25. The topological polar surface area (TPSA) is 124 Å². The first-order valence-corrected chi connectivity index (χ1v) is 13.0. The number of likely N-dealkylation sites (tertiary alicyclic amines) is 1. The van der Waals surface area contributed by atoms with Crippen LogP contribution in [0.3, 0.4) is 0 Å². The number of aliphatic hydroxyl groups is 1. The summed E-state index contributed by atoms with van der Waals surface area (Å²) < 4.78 is 0. The van der Waals surface area contributed by atoms with E-state index >= 15 is 0 Å². The van der Waals surface area contributed by atoms with E-state index < -0.39 is 12.3 Å². The number of anilines is 1. The molecule has 196 valence electrons. The zero-order valence-corrected chi connectivity index (χ0v) is 21.6. The van der Waals surface area contributed by atoms with Crippen molar-refractivity contribution in [2.24, 2.45) is 16.2 Å². The number of nitrogens with two attached hydrogens (primary N) is 1. The Hall–Kier alpha value is -3.72. The molecule has 0 aromatic heterocycles. The maximum Gasteiger partial charge on any atom is 0.253 e. The molecule has 1 fully saturated rings. The molecular weight excluding hydrogens is 468 g/mol. The number of hydrogen-bond acceptors (Lipinski definition) is 6. The molecule has 9 nitrogen and oxygen atoms in total. The molecular formula is C28H36N6O3. The molecule has 2 atom stereocenters. The molecule has 1 saturated heterocycles. The number of nitrogens with one attached hydrogen (secondary N) is 1. The van der Waals surface area contributed by atoms with Crippen LogP contribution in [-0.4, -0.2) is 65.2 Å². The SMILES string of the molecule is CCCN(C[C@@H](C)O)C(=O)C1=Cc2ccc(-c3ccc(C(=O)N4CCCC4)cc3)cc2NC(N=NN)C1. The molecule has 2 aromatic carbocycles. The highest BCUT2D eigenvalue weighted by atomic mass is 16.3. The normalized spacial score (nSPS) is 18.1. The van der Waals surface area contributed by atoms with Crippen molar-refractivity contribution in [3.05, 3.63) is 59.2 Å². The van der Waals surface area contributed by atoms with Gasteiger partial charge >= 0.3 is 0 Å². The van der Waals surface area contributed by atoms with Crippen LogP contribution in [0, 0.1) is 0 Å². The molecule has 2 heterocycles. The van der Waals surface area contributed by atoms with Gasteiger partial charge in [0.15, 0.2) is 0 Å². The van der Waals surface area contributed by atoms with Crippen molar-refractivity contribution in [2.75, 3.05) is 31.5 Å². The molecule has 0 aliphatic carbocycles. The van der Waals surface area contributed by atoms with E-state index in [4.69, 9.17) is 5.84 Å². The Bertz CT molecular complexity index is 1170. The Kier molecular flexibility index (Phi) is 8.55. The van der Waals surface area contributed by atoms with Crippen LogP contribution in [0.25, 0.3) is 17.2 Å². The van der Waals surface area contributed by atoms with Crippen molar-refractivity contribution >= 4 is 23.6 Å². The Labute approximate surface area is 218 Å². The van der Waals surface area contributed by atoms with Gasteiger partial charge in [-0.3, -0.25) is 9.59 Å². The third-order valence-corrected chi connectivity index (χ3v) is 6.72. The standard InChI is InChI=1S/C28H36N6O3/c1-3-12-34(18-19(2)35)28(37)24-15-23-11-10-22(16-25(23)30-26(17-24)31-32-29)20-6-8-21(9-7-20)27(36)33-13-4-5-14-33/h6-11,15-16,19,26,30,35H,3-5,12-14,17-18H2,1-2H3,(H2,29,31)/t19-,26?/m1/s1. The third kappa shape index (κ3) is 6.35. The molecule has 9 heteroatoms. The number of fused-ring (bicyclic) bond motifs is 1. The predicted octanol–water partition coefficient (Wildman–Crippen LogP) is 4.06. The number of hydrogen-bond donors (Lipinski definition) is 3. The Morgan fingerprint density at radius 3 is 2.51 bits per heavy atom. The largest absolute Gasteiger partial charge is 0.392 e. The average molecular weight is 505 g/mol. The van der Waals surface area contributed by atoms with Crippen LogP contribution in [0.1, 0.15) is 55.5 Å². The van der Waals surface area contributed by atoms with E-state index in [0.29, 0.717) is 24.1 Å². The minimum Gasteiger partial charge on any atom is -0.392 e. The lowest BCUT2D eigenvalue weighted by atomic mass is 10.00. The van der Waals surface area contributed by atoms with Gasteiger partial charge in [0.25, 0.3) is 5.91 Å². The number of aliphatic hydroxyl groups excluding tert-OH is 1. The van der Waals surface area contributed by atoms with E-state index in [1.54, 1.807) is 11.8 Å².